The fourth-order valence-electron chi connectivity index (χ4n) is 2.01. The molecule has 0 saturated heterocycles. The monoisotopic (exact) mass is 291 g/mol. The third-order valence-electron chi connectivity index (χ3n) is 2.97. The number of carboxylic acids is 1. The summed E-state index contributed by atoms with van der Waals surface area (Å²) in [6.45, 7) is 4.30. The second-order valence-electron chi connectivity index (χ2n) is 4.78. The first-order chi connectivity index (χ1) is 9.93. The van der Waals surface area contributed by atoms with Crippen molar-refractivity contribution in [2.24, 2.45) is 0 Å². The van der Waals surface area contributed by atoms with Crippen LogP contribution in [0.25, 0.3) is 6.08 Å². The second-order valence-corrected chi connectivity index (χ2v) is 4.78. The molecule has 0 bridgehead atoms. The van der Waals surface area contributed by atoms with Crippen LogP contribution in [0.1, 0.15) is 29.5 Å². The van der Waals surface area contributed by atoms with E-state index in [0.717, 1.165) is 28.5 Å². The maximum Gasteiger partial charge on any atom is 0.328 e. The number of amides is 1. The molecule has 0 aliphatic carbocycles. The van der Waals surface area contributed by atoms with E-state index in [9.17, 15) is 9.59 Å². The Kier molecular flexibility index (Phi) is 6.46. The van der Waals surface area contributed by atoms with Gasteiger partial charge < -0.3 is 15.2 Å². The van der Waals surface area contributed by atoms with Gasteiger partial charge in [0.25, 0.3) is 0 Å². The van der Waals surface area contributed by atoms with Gasteiger partial charge in [0.05, 0.1) is 6.61 Å². The number of carbonyl (C=O) groups excluding carboxylic acids is 1. The molecule has 0 heterocycles. The van der Waals surface area contributed by atoms with Crippen LogP contribution in [-0.4, -0.2) is 30.6 Å². The van der Waals surface area contributed by atoms with E-state index in [0.29, 0.717) is 19.4 Å². The van der Waals surface area contributed by atoms with Gasteiger partial charge in [0.1, 0.15) is 5.75 Å². The lowest BCUT2D eigenvalue weighted by Gasteiger charge is -2.13. The Morgan fingerprint density at radius 1 is 1.29 bits per heavy atom. The van der Waals surface area contributed by atoms with E-state index < -0.39 is 5.97 Å². The molecular weight excluding hydrogens is 270 g/mol. The number of carbonyl (C=O) groups is 2. The zero-order chi connectivity index (χ0) is 15.8. The van der Waals surface area contributed by atoms with E-state index >= 15 is 0 Å². The Morgan fingerprint density at radius 2 is 1.90 bits per heavy atom. The molecule has 0 aromatic heterocycles. The molecule has 1 amide bonds. The Labute approximate surface area is 124 Å². The fraction of sp³-hybridized carbons (Fsp3) is 0.375. The number of carboxylic acid groups (broad SMARTS) is 1. The van der Waals surface area contributed by atoms with Crippen molar-refractivity contribution in [1.82, 2.24) is 5.32 Å². The standard InChI is InChI=1S/C16H21NO4/c1-11-9-13(6-7-15(19)20)10-12(2)16(11)21-8-4-5-14(18)17-3/h6-7,9-10H,4-5,8H2,1-3H3,(H,17,18)(H,19,20). The minimum Gasteiger partial charge on any atom is -0.493 e. The molecule has 0 aliphatic heterocycles. The first-order valence-corrected chi connectivity index (χ1v) is 6.79. The number of rotatable bonds is 7. The number of aryl methyl sites for hydroxylation is 2. The zero-order valence-corrected chi connectivity index (χ0v) is 12.6. The second kappa shape index (κ2) is 8.09. The number of hydrogen-bond acceptors (Lipinski definition) is 3. The van der Waals surface area contributed by atoms with Gasteiger partial charge in [-0.15, -0.1) is 0 Å². The summed E-state index contributed by atoms with van der Waals surface area (Å²) in [5.41, 5.74) is 2.71. The summed E-state index contributed by atoms with van der Waals surface area (Å²) < 4.78 is 5.72. The molecule has 0 radical (unpaired) electrons. The number of benzene rings is 1. The Hall–Kier alpha value is -2.30. The first-order valence-electron chi connectivity index (χ1n) is 6.79. The van der Waals surface area contributed by atoms with E-state index in [2.05, 4.69) is 5.32 Å². The van der Waals surface area contributed by atoms with Crippen molar-refractivity contribution in [3.63, 3.8) is 0 Å². The van der Waals surface area contributed by atoms with Crippen LogP contribution < -0.4 is 10.1 Å². The molecule has 1 aromatic rings. The van der Waals surface area contributed by atoms with Crippen LogP contribution in [0, 0.1) is 13.8 Å². The van der Waals surface area contributed by atoms with Crippen molar-refractivity contribution in [3.8, 4) is 5.75 Å². The number of nitrogens with one attached hydrogen (secondary N) is 1. The molecule has 0 aliphatic rings. The Morgan fingerprint density at radius 3 is 2.43 bits per heavy atom. The molecule has 0 spiro atoms. The lowest BCUT2D eigenvalue weighted by Crippen LogP contribution is -2.18. The largest absolute Gasteiger partial charge is 0.493 e. The predicted molar refractivity (Wildman–Crippen MR) is 81.4 cm³/mol. The molecule has 5 heteroatoms. The highest BCUT2D eigenvalue weighted by atomic mass is 16.5. The van der Waals surface area contributed by atoms with Crippen LogP contribution in [0.2, 0.25) is 0 Å². The van der Waals surface area contributed by atoms with Crippen molar-refractivity contribution in [3.05, 3.63) is 34.9 Å². The summed E-state index contributed by atoms with van der Waals surface area (Å²) in [5, 5.41) is 11.2. The molecule has 0 unspecified atom stereocenters. The van der Waals surface area contributed by atoms with Crippen molar-refractivity contribution in [2.45, 2.75) is 26.7 Å². The molecule has 5 nitrogen and oxygen atoms in total. The van der Waals surface area contributed by atoms with Crippen LogP contribution in [0.15, 0.2) is 18.2 Å². The van der Waals surface area contributed by atoms with Crippen molar-refractivity contribution in [2.75, 3.05) is 13.7 Å². The first kappa shape index (κ1) is 16.8. The molecule has 0 saturated carbocycles. The molecule has 1 aromatic carbocycles. The zero-order valence-electron chi connectivity index (χ0n) is 12.6. The molecule has 1 rings (SSSR count). The summed E-state index contributed by atoms with van der Waals surface area (Å²) in [5.74, 6) is -0.180. The third kappa shape index (κ3) is 5.69. The molecule has 21 heavy (non-hydrogen) atoms. The highest BCUT2D eigenvalue weighted by molar-refractivity contribution is 5.85. The molecule has 0 fully saturated rings. The highest BCUT2D eigenvalue weighted by Crippen LogP contribution is 2.25. The number of ether oxygens (including phenoxy) is 1. The van der Waals surface area contributed by atoms with E-state index in [-0.39, 0.29) is 5.91 Å². The van der Waals surface area contributed by atoms with Gasteiger partial charge in [0, 0.05) is 19.5 Å². The Balaban J connectivity index is 2.67. The molecular formula is C16H21NO4. The normalized spacial score (nSPS) is 10.6. The summed E-state index contributed by atoms with van der Waals surface area (Å²) in [6.07, 6.45) is 3.75. The third-order valence-corrected chi connectivity index (χ3v) is 2.97. The summed E-state index contributed by atoms with van der Waals surface area (Å²) in [7, 11) is 1.61. The molecule has 2 N–H and O–H groups in total. The van der Waals surface area contributed by atoms with Gasteiger partial charge in [0.15, 0.2) is 0 Å². The quantitative estimate of drug-likeness (QED) is 0.597. The van der Waals surface area contributed by atoms with Crippen LogP contribution in [0.3, 0.4) is 0 Å². The summed E-state index contributed by atoms with van der Waals surface area (Å²) in [4.78, 5) is 21.6. The average Bonchev–Trinajstić information content (AvgIpc) is 2.43. The smallest absolute Gasteiger partial charge is 0.328 e. The minimum absolute atomic E-state index is 0.00111. The van der Waals surface area contributed by atoms with E-state index in [1.54, 1.807) is 13.1 Å². The van der Waals surface area contributed by atoms with Gasteiger partial charge in [-0.05, 0) is 55.2 Å². The van der Waals surface area contributed by atoms with E-state index in [1.807, 2.05) is 26.0 Å². The Bertz CT molecular complexity index is 526. The number of hydrogen-bond donors (Lipinski definition) is 2. The van der Waals surface area contributed by atoms with Crippen molar-refractivity contribution >= 4 is 18.0 Å². The lowest BCUT2D eigenvalue weighted by atomic mass is 10.1. The van der Waals surface area contributed by atoms with Crippen molar-refractivity contribution in [1.29, 1.82) is 0 Å². The van der Waals surface area contributed by atoms with Crippen LogP contribution >= 0.6 is 0 Å². The van der Waals surface area contributed by atoms with Gasteiger partial charge in [-0.2, -0.15) is 0 Å². The summed E-state index contributed by atoms with van der Waals surface area (Å²) >= 11 is 0. The predicted octanol–water partition coefficient (Wildman–Crippen LogP) is 2.31. The maximum absolute atomic E-state index is 11.1. The summed E-state index contributed by atoms with van der Waals surface area (Å²) in [6, 6.07) is 3.75. The van der Waals surface area contributed by atoms with Crippen molar-refractivity contribution < 1.29 is 19.4 Å². The average molecular weight is 291 g/mol. The van der Waals surface area contributed by atoms with Crippen LogP contribution in [0.5, 0.6) is 5.75 Å². The minimum atomic E-state index is -0.972. The van der Waals surface area contributed by atoms with Crippen LogP contribution in [-0.2, 0) is 9.59 Å². The topological polar surface area (TPSA) is 75.6 Å². The van der Waals surface area contributed by atoms with Gasteiger partial charge >= 0.3 is 5.97 Å². The lowest BCUT2D eigenvalue weighted by molar-refractivity contribution is -0.131. The van der Waals surface area contributed by atoms with E-state index in [1.165, 1.54) is 0 Å². The molecule has 0 atom stereocenters. The van der Waals surface area contributed by atoms with E-state index in [4.69, 9.17) is 9.84 Å². The number of aliphatic carboxylic acids is 1. The molecule has 114 valence electrons. The van der Waals surface area contributed by atoms with Gasteiger partial charge in [0.2, 0.25) is 5.91 Å². The maximum atomic E-state index is 11.1. The fourth-order valence-corrected chi connectivity index (χ4v) is 2.01. The SMILES string of the molecule is CNC(=O)CCCOc1c(C)cc(C=CC(=O)O)cc1C. The highest BCUT2D eigenvalue weighted by Gasteiger charge is 2.06. The van der Waals surface area contributed by atoms with Gasteiger partial charge in [-0.25, -0.2) is 4.79 Å². The van der Waals surface area contributed by atoms with Gasteiger partial charge in [-0.1, -0.05) is 0 Å². The van der Waals surface area contributed by atoms with Gasteiger partial charge in [-0.3, -0.25) is 4.79 Å². The van der Waals surface area contributed by atoms with Crippen LogP contribution in [0.4, 0.5) is 0 Å².